The van der Waals surface area contributed by atoms with Gasteiger partial charge in [-0.15, -0.1) is 0 Å². The lowest BCUT2D eigenvalue weighted by atomic mass is 9.84. The predicted octanol–water partition coefficient (Wildman–Crippen LogP) is 4.97. The van der Waals surface area contributed by atoms with Crippen LogP contribution in [0.25, 0.3) is 11.1 Å². The van der Waals surface area contributed by atoms with E-state index in [2.05, 4.69) is 4.99 Å². The average Bonchev–Trinajstić information content (AvgIpc) is 2.70. The topological polar surface area (TPSA) is 78.9 Å². The van der Waals surface area contributed by atoms with Gasteiger partial charge in [0.15, 0.2) is 5.96 Å². The van der Waals surface area contributed by atoms with Gasteiger partial charge in [-0.2, -0.15) is 0 Å². The van der Waals surface area contributed by atoms with Gasteiger partial charge < -0.3 is 10.8 Å². The fourth-order valence-corrected chi connectivity index (χ4v) is 5.16. The van der Waals surface area contributed by atoms with E-state index in [1.807, 2.05) is 24.3 Å². The number of halogens is 4. The first-order valence-corrected chi connectivity index (χ1v) is 11.1. The van der Waals surface area contributed by atoms with E-state index in [9.17, 15) is 18.7 Å². The Labute approximate surface area is 194 Å². The molecule has 170 valence electrons. The minimum atomic E-state index is -3.16. The van der Waals surface area contributed by atoms with Crippen molar-refractivity contribution < 1.29 is 18.7 Å². The molecule has 1 heterocycles. The molecule has 5 nitrogen and oxygen atoms in total. The van der Waals surface area contributed by atoms with Gasteiger partial charge in [-0.25, -0.2) is 13.8 Å². The fraction of sp³-hybridized carbons (Fsp3) is 0.391. The molecule has 2 aliphatic rings. The van der Waals surface area contributed by atoms with Gasteiger partial charge in [0.2, 0.25) is 5.91 Å². The predicted molar refractivity (Wildman–Crippen MR) is 121 cm³/mol. The third kappa shape index (κ3) is 4.09. The Hall–Kier alpha value is -2.22. The first kappa shape index (κ1) is 23.0. The number of nitrogens with zero attached hydrogens (tertiary/aromatic N) is 2. The van der Waals surface area contributed by atoms with E-state index >= 15 is 0 Å². The number of hydrogen-bond donors (Lipinski definition) is 2. The van der Waals surface area contributed by atoms with E-state index in [4.69, 9.17) is 28.9 Å². The molecule has 0 radical (unpaired) electrons. The van der Waals surface area contributed by atoms with E-state index < -0.39 is 30.0 Å². The highest BCUT2D eigenvalue weighted by Crippen LogP contribution is 2.43. The van der Waals surface area contributed by atoms with Crippen molar-refractivity contribution in [3.05, 3.63) is 58.1 Å². The molecule has 1 aliphatic carbocycles. The van der Waals surface area contributed by atoms with E-state index in [0.29, 0.717) is 15.6 Å². The maximum Gasteiger partial charge on any atom is 0.273 e. The molecule has 0 aromatic heterocycles. The summed E-state index contributed by atoms with van der Waals surface area (Å²) in [5.74, 6) is -3.56. The van der Waals surface area contributed by atoms with Crippen LogP contribution in [0.4, 0.5) is 8.78 Å². The monoisotopic (exact) mass is 481 g/mol. The highest BCUT2D eigenvalue weighted by Gasteiger charge is 2.48. The summed E-state index contributed by atoms with van der Waals surface area (Å²) < 4.78 is 27.4. The number of aliphatic hydroxyl groups is 1. The van der Waals surface area contributed by atoms with Crippen molar-refractivity contribution in [2.45, 2.75) is 56.2 Å². The zero-order chi connectivity index (χ0) is 23.3. The number of amides is 1. The standard InChI is InChI=1S/C23H23Cl2F2N3O2/c1-22(17-7-3-6-16(20(17)25)13-4-2-5-14(24)10-13)12-19(32)30(21(28)29-22)15-8-9-23(26,27)18(31)11-15/h2-7,10,15,18,31H,8-9,11-12H2,1H3,(H2,28,29)/t15-,18-,22-/m0/s1. The Morgan fingerprint density at radius 3 is 2.59 bits per heavy atom. The Balaban J connectivity index is 1.68. The summed E-state index contributed by atoms with van der Waals surface area (Å²) in [6, 6.07) is 12.1. The van der Waals surface area contributed by atoms with Crippen molar-refractivity contribution >= 4 is 35.1 Å². The van der Waals surface area contributed by atoms with Gasteiger partial charge in [-0.3, -0.25) is 9.69 Å². The Morgan fingerprint density at radius 1 is 1.22 bits per heavy atom. The zero-order valence-electron chi connectivity index (χ0n) is 17.4. The average molecular weight is 482 g/mol. The Bertz CT molecular complexity index is 1090. The maximum absolute atomic E-state index is 13.7. The first-order valence-electron chi connectivity index (χ1n) is 10.3. The quantitative estimate of drug-likeness (QED) is 0.649. The number of nitrogens with two attached hydrogens (primary N) is 1. The van der Waals surface area contributed by atoms with Crippen LogP contribution in [-0.4, -0.2) is 39.9 Å². The van der Waals surface area contributed by atoms with Crippen LogP contribution in [0.2, 0.25) is 10.0 Å². The van der Waals surface area contributed by atoms with Crippen molar-refractivity contribution in [3.63, 3.8) is 0 Å². The van der Waals surface area contributed by atoms with Crippen molar-refractivity contribution in [3.8, 4) is 11.1 Å². The lowest BCUT2D eigenvalue weighted by Gasteiger charge is -2.43. The van der Waals surface area contributed by atoms with E-state index in [1.165, 1.54) is 4.90 Å². The summed E-state index contributed by atoms with van der Waals surface area (Å²) in [5, 5.41) is 10.8. The van der Waals surface area contributed by atoms with Crippen LogP contribution in [0.3, 0.4) is 0 Å². The molecule has 1 amide bonds. The summed E-state index contributed by atoms with van der Waals surface area (Å²) in [7, 11) is 0. The lowest BCUT2D eigenvalue weighted by Crippen LogP contribution is -2.57. The SMILES string of the molecule is C[C@@]1(c2cccc(-c3cccc(Cl)c3)c2Cl)CC(=O)N([C@H]2CCC(F)(F)[C@@H](O)C2)C(N)=N1. The number of carbonyl (C=O) groups is 1. The smallest absolute Gasteiger partial charge is 0.273 e. The van der Waals surface area contributed by atoms with Crippen LogP contribution >= 0.6 is 23.2 Å². The van der Waals surface area contributed by atoms with Crippen LogP contribution in [0.15, 0.2) is 47.5 Å². The second kappa shape index (κ2) is 8.28. The number of aliphatic imine (C=N–C) groups is 1. The zero-order valence-corrected chi connectivity index (χ0v) is 18.9. The lowest BCUT2D eigenvalue weighted by molar-refractivity contribution is -0.151. The van der Waals surface area contributed by atoms with Gasteiger partial charge in [-0.1, -0.05) is 53.5 Å². The summed E-state index contributed by atoms with van der Waals surface area (Å²) in [6.07, 6.45) is -2.58. The third-order valence-corrected chi connectivity index (χ3v) is 6.89. The Morgan fingerprint density at radius 2 is 1.94 bits per heavy atom. The number of benzene rings is 2. The number of alkyl halides is 2. The maximum atomic E-state index is 13.7. The summed E-state index contributed by atoms with van der Waals surface area (Å²) in [4.78, 5) is 18.9. The number of carbonyl (C=O) groups excluding carboxylic acids is 1. The molecule has 3 atom stereocenters. The van der Waals surface area contributed by atoms with E-state index in [0.717, 1.165) is 11.1 Å². The molecule has 0 spiro atoms. The number of hydrogen-bond acceptors (Lipinski definition) is 4. The number of rotatable bonds is 3. The van der Waals surface area contributed by atoms with Gasteiger partial charge in [0.1, 0.15) is 6.10 Å². The van der Waals surface area contributed by atoms with Gasteiger partial charge in [0.25, 0.3) is 5.92 Å². The molecule has 1 saturated carbocycles. The highest BCUT2D eigenvalue weighted by atomic mass is 35.5. The highest BCUT2D eigenvalue weighted by molar-refractivity contribution is 6.34. The second-order valence-electron chi connectivity index (χ2n) is 8.57. The first-order chi connectivity index (χ1) is 15.0. The van der Waals surface area contributed by atoms with Crippen LogP contribution in [0.5, 0.6) is 0 Å². The van der Waals surface area contributed by atoms with Crippen molar-refractivity contribution in [1.82, 2.24) is 4.90 Å². The normalized spacial score (nSPS) is 27.9. The fourth-order valence-electron chi connectivity index (χ4n) is 4.53. The minimum absolute atomic E-state index is 0.0323. The molecule has 3 N–H and O–H groups in total. The minimum Gasteiger partial charge on any atom is -0.387 e. The molecule has 1 aliphatic heterocycles. The van der Waals surface area contributed by atoms with Crippen molar-refractivity contribution in [2.75, 3.05) is 0 Å². The van der Waals surface area contributed by atoms with E-state index in [-0.39, 0.29) is 31.1 Å². The Kier molecular flexibility index (Phi) is 5.94. The molecule has 9 heteroatoms. The molecule has 0 unspecified atom stereocenters. The second-order valence-corrected chi connectivity index (χ2v) is 9.38. The molecule has 2 aromatic rings. The van der Waals surface area contributed by atoms with Gasteiger partial charge in [-0.05, 0) is 36.6 Å². The summed E-state index contributed by atoms with van der Waals surface area (Å²) >= 11 is 12.9. The molecular formula is C23H23Cl2F2N3O2. The third-order valence-electron chi connectivity index (χ3n) is 6.25. The largest absolute Gasteiger partial charge is 0.387 e. The van der Waals surface area contributed by atoms with Crippen molar-refractivity contribution in [1.29, 1.82) is 0 Å². The molecular weight excluding hydrogens is 459 g/mol. The van der Waals surface area contributed by atoms with Crippen LogP contribution in [0.1, 0.15) is 38.2 Å². The number of aliphatic hydroxyl groups excluding tert-OH is 1. The molecule has 32 heavy (non-hydrogen) atoms. The summed E-state index contributed by atoms with van der Waals surface area (Å²) in [5.41, 5.74) is 7.34. The van der Waals surface area contributed by atoms with Crippen LogP contribution in [0, 0.1) is 0 Å². The molecule has 4 rings (SSSR count). The van der Waals surface area contributed by atoms with Gasteiger partial charge in [0.05, 0.1) is 17.0 Å². The van der Waals surface area contributed by atoms with Gasteiger partial charge in [0, 0.05) is 29.5 Å². The van der Waals surface area contributed by atoms with Crippen LogP contribution < -0.4 is 5.73 Å². The van der Waals surface area contributed by atoms with Gasteiger partial charge >= 0.3 is 0 Å². The molecule has 1 fully saturated rings. The summed E-state index contributed by atoms with van der Waals surface area (Å²) in [6.45, 7) is 1.77. The molecule has 0 bridgehead atoms. The van der Waals surface area contributed by atoms with Crippen LogP contribution in [-0.2, 0) is 10.3 Å². The van der Waals surface area contributed by atoms with E-state index in [1.54, 1.807) is 25.1 Å². The molecule has 0 saturated heterocycles. The number of guanidine groups is 1. The van der Waals surface area contributed by atoms with Crippen molar-refractivity contribution in [2.24, 2.45) is 10.7 Å². The molecule has 2 aromatic carbocycles.